The first-order chi connectivity index (χ1) is 12.6. The second kappa shape index (κ2) is 6.22. The largest absolute Gasteiger partial charge is 0.454 e. The summed E-state index contributed by atoms with van der Waals surface area (Å²) in [5.74, 6) is 0.178. The third kappa shape index (κ3) is 2.60. The first-order valence-electron chi connectivity index (χ1n) is 8.31. The van der Waals surface area contributed by atoms with Gasteiger partial charge < -0.3 is 19.4 Å². The molecular formula is C20H18N2O4. The number of ketones is 1. The molecule has 3 aromatic rings. The second-order valence-electron chi connectivity index (χ2n) is 6.24. The Morgan fingerprint density at radius 3 is 2.73 bits per heavy atom. The van der Waals surface area contributed by atoms with Crippen LogP contribution in [0.1, 0.15) is 21.6 Å². The summed E-state index contributed by atoms with van der Waals surface area (Å²) < 4.78 is 12.5. The van der Waals surface area contributed by atoms with Crippen LogP contribution in [0.25, 0.3) is 10.9 Å². The SMILES string of the molecule is Cc1c(C(=O)C(=O)NCc2ccc3c(c2)OCO3)c2ccccc2n1C. The van der Waals surface area contributed by atoms with Crippen LogP contribution in [0, 0.1) is 6.92 Å². The van der Waals surface area contributed by atoms with E-state index in [1.807, 2.05) is 48.9 Å². The van der Waals surface area contributed by atoms with Gasteiger partial charge in [-0.3, -0.25) is 9.59 Å². The Morgan fingerprint density at radius 2 is 1.88 bits per heavy atom. The van der Waals surface area contributed by atoms with Gasteiger partial charge in [0.1, 0.15) is 0 Å². The number of hydrogen-bond acceptors (Lipinski definition) is 4. The third-order valence-corrected chi connectivity index (χ3v) is 4.72. The van der Waals surface area contributed by atoms with Gasteiger partial charge in [-0.2, -0.15) is 0 Å². The molecule has 0 fully saturated rings. The highest BCUT2D eigenvalue weighted by Gasteiger charge is 2.24. The maximum absolute atomic E-state index is 12.7. The monoisotopic (exact) mass is 350 g/mol. The van der Waals surface area contributed by atoms with Crippen molar-refractivity contribution in [3.8, 4) is 11.5 Å². The summed E-state index contributed by atoms with van der Waals surface area (Å²) in [6, 6.07) is 13.0. The number of benzene rings is 2. The maximum atomic E-state index is 12.7. The molecule has 6 heteroatoms. The minimum absolute atomic E-state index is 0.198. The lowest BCUT2D eigenvalue weighted by Gasteiger charge is -2.06. The van der Waals surface area contributed by atoms with Crippen molar-refractivity contribution in [3.05, 3.63) is 59.3 Å². The first-order valence-corrected chi connectivity index (χ1v) is 8.31. The highest BCUT2D eigenvalue weighted by molar-refractivity contribution is 6.45. The average Bonchev–Trinajstić information content (AvgIpc) is 3.22. The second-order valence-corrected chi connectivity index (χ2v) is 6.24. The van der Waals surface area contributed by atoms with Crippen LogP contribution >= 0.6 is 0 Å². The molecule has 0 bridgehead atoms. The molecule has 26 heavy (non-hydrogen) atoms. The molecule has 0 saturated heterocycles. The van der Waals surface area contributed by atoms with Gasteiger partial charge in [0.15, 0.2) is 11.5 Å². The number of nitrogens with one attached hydrogen (secondary N) is 1. The van der Waals surface area contributed by atoms with E-state index in [1.54, 1.807) is 12.1 Å². The lowest BCUT2D eigenvalue weighted by molar-refractivity contribution is -0.117. The van der Waals surface area contributed by atoms with Crippen LogP contribution in [0.15, 0.2) is 42.5 Å². The fraction of sp³-hybridized carbons (Fsp3) is 0.200. The number of rotatable bonds is 4. The van der Waals surface area contributed by atoms with Gasteiger partial charge in [0.2, 0.25) is 6.79 Å². The van der Waals surface area contributed by atoms with Crippen molar-refractivity contribution in [2.24, 2.45) is 7.05 Å². The fourth-order valence-corrected chi connectivity index (χ4v) is 3.23. The van der Waals surface area contributed by atoms with Crippen LogP contribution in [-0.2, 0) is 18.4 Å². The minimum Gasteiger partial charge on any atom is -0.454 e. The number of fused-ring (bicyclic) bond motifs is 2. The summed E-state index contributed by atoms with van der Waals surface area (Å²) in [5.41, 5.74) is 2.99. The van der Waals surface area contributed by atoms with Gasteiger partial charge in [0.25, 0.3) is 11.7 Å². The van der Waals surface area contributed by atoms with Gasteiger partial charge in [-0.1, -0.05) is 24.3 Å². The van der Waals surface area contributed by atoms with Crippen molar-refractivity contribution in [2.75, 3.05) is 6.79 Å². The van der Waals surface area contributed by atoms with E-state index in [-0.39, 0.29) is 13.3 Å². The number of carbonyl (C=O) groups is 2. The average molecular weight is 350 g/mol. The Kier molecular flexibility index (Phi) is 3.88. The van der Waals surface area contributed by atoms with Crippen molar-refractivity contribution >= 4 is 22.6 Å². The Morgan fingerprint density at radius 1 is 1.12 bits per heavy atom. The lowest BCUT2D eigenvalue weighted by atomic mass is 10.1. The molecule has 0 saturated carbocycles. The van der Waals surface area contributed by atoms with E-state index < -0.39 is 11.7 Å². The first kappa shape index (κ1) is 16.2. The summed E-state index contributed by atoms with van der Waals surface area (Å²) in [7, 11) is 1.89. The highest BCUT2D eigenvalue weighted by atomic mass is 16.7. The molecule has 1 aliphatic rings. The van der Waals surface area contributed by atoms with Crippen molar-refractivity contribution in [2.45, 2.75) is 13.5 Å². The number of Topliss-reactive ketones (excluding diaryl/α,β-unsaturated/α-hetero) is 1. The molecule has 0 atom stereocenters. The van der Waals surface area contributed by atoms with Crippen LogP contribution in [-0.4, -0.2) is 23.1 Å². The predicted molar refractivity (Wildman–Crippen MR) is 96.4 cm³/mol. The molecule has 1 aliphatic heterocycles. The van der Waals surface area contributed by atoms with E-state index >= 15 is 0 Å². The molecular weight excluding hydrogens is 332 g/mol. The van der Waals surface area contributed by atoms with Crippen LogP contribution in [0.5, 0.6) is 11.5 Å². The maximum Gasteiger partial charge on any atom is 0.292 e. The highest BCUT2D eigenvalue weighted by Crippen LogP contribution is 2.32. The Labute approximate surface area is 150 Å². The summed E-state index contributed by atoms with van der Waals surface area (Å²) in [6.07, 6.45) is 0. The molecule has 2 heterocycles. The molecule has 1 amide bonds. The van der Waals surface area contributed by atoms with Crippen LogP contribution in [0.3, 0.4) is 0 Å². The minimum atomic E-state index is -0.623. The number of nitrogens with zero attached hydrogens (tertiary/aromatic N) is 1. The van der Waals surface area contributed by atoms with Gasteiger partial charge in [-0.05, 0) is 30.7 Å². The molecule has 132 valence electrons. The van der Waals surface area contributed by atoms with Crippen molar-refractivity contribution in [1.29, 1.82) is 0 Å². The topological polar surface area (TPSA) is 69.6 Å². The molecule has 1 aromatic heterocycles. The molecule has 1 N–H and O–H groups in total. The van der Waals surface area contributed by atoms with Gasteiger partial charge in [0, 0.05) is 30.2 Å². The molecule has 2 aromatic carbocycles. The van der Waals surface area contributed by atoms with E-state index in [0.29, 0.717) is 17.1 Å². The Hall–Kier alpha value is -3.28. The van der Waals surface area contributed by atoms with Crippen LogP contribution in [0.2, 0.25) is 0 Å². The summed E-state index contributed by atoms with van der Waals surface area (Å²) >= 11 is 0. The standard InChI is InChI=1S/C20H18N2O4/c1-12-18(14-5-3-4-6-15(14)22(12)2)19(23)20(24)21-10-13-7-8-16-17(9-13)26-11-25-16/h3-9H,10-11H2,1-2H3,(H,21,24). The van der Waals surface area contributed by atoms with E-state index in [0.717, 1.165) is 22.2 Å². The number of para-hydroxylation sites is 1. The summed E-state index contributed by atoms with van der Waals surface area (Å²) in [5, 5.41) is 3.48. The van der Waals surface area contributed by atoms with E-state index in [2.05, 4.69) is 5.32 Å². The van der Waals surface area contributed by atoms with Gasteiger partial charge in [-0.25, -0.2) is 0 Å². The zero-order valence-corrected chi connectivity index (χ0v) is 14.5. The molecule has 6 nitrogen and oxygen atoms in total. The van der Waals surface area contributed by atoms with Gasteiger partial charge in [0.05, 0.1) is 5.56 Å². The number of amides is 1. The normalized spacial score (nSPS) is 12.4. The number of hydrogen-bond donors (Lipinski definition) is 1. The zero-order valence-electron chi connectivity index (χ0n) is 14.5. The third-order valence-electron chi connectivity index (χ3n) is 4.72. The molecule has 4 rings (SSSR count). The number of aryl methyl sites for hydroxylation is 1. The van der Waals surface area contributed by atoms with Gasteiger partial charge in [-0.15, -0.1) is 0 Å². The van der Waals surface area contributed by atoms with Crippen molar-refractivity contribution in [3.63, 3.8) is 0 Å². The summed E-state index contributed by atoms with van der Waals surface area (Å²) in [4.78, 5) is 25.2. The Balaban J connectivity index is 1.54. The molecule has 0 spiro atoms. The Bertz CT molecular complexity index is 1040. The van der Waals surface area contributed by atoms with Gasteiger partial charge >= 0.3 is 0 Å². The van der Waals surface area contributed by atoms with Crippen LogP contribution in [0.4, 0.5) is 0 Å². The predicted octanol–water partition coefficient (Wildman–Crippen LogP) is 2.71. The van der Waals surface area contributed by atoms with Crippen molar-refractivity contribution in [1.82, 2.24) is 9.88 Å². The molecule has 0 aliphatic carbocycles. The molecule has 0 radical (unpaired) electrons. The van der Waals surface area contributed by atoms with E-state index in [9.17, 15) is 9.59 Å². The van der Waals surface area contributed by atoms with Crippen molar-refractivity contribution < 1.29 is 19.1 Å². The smallest absolute Gasteiger partial charge is 0.292 e. The van der Waals surface area contributed by atoms with Crippen LogP contribution < -0.4 is 14.8 Å². The lowest BCUT2D eigenvalue weighted by Crippen LogP contribution is -2.31. The molecule has 0 unspecified atom stereocenters. The quantitative estimate of drug-likeness (QED) is 0.580. The summed E-state index contributed by atoms with van der Waals surface area (Å²) in [6.45, 7) is 2.29. The van der Waals surface area contributed by atoms with E-state index in [1.165, 1.54) is 0 Å². The number of carbonyl (C=O) groups excluding carboxylic acids is 2. The number of aromatic nitrogens is 1. The number of ether oxygens (including phenoxy) is 2. The van der Waals surface area contributed by atoms with E-state index in [4.69, 9.17) is 9.47 Å². The zero-order chi connectivity index (χ0) is 18.3. The fourth-order valence-electron chi connectivity index (χ4n) is 3.23.